The van der Waals surface area contributed by atoms with Crippen LogP contribution in [0.4, 0.5) is 0 Å². The van der Waals surface area contributed by atoms with E-state index in [1.54, 1.807) is 4.80 Å². The van der Waals surface area contributed by atoms with E-state index in [0.29, 0.717) is 17.7 Å². The Hall–Kier alpha value is -1.71. The van der Waals surface area contributed by atoms with Crippen molar-refractivity contribution in [3.8, 4) is 0 Å². The molecule has 7 unspecified atom stereocenters. The van der Waals surface area contributed by atoms with Crippen LogP contribution in [-0.2, 0) is 11.3 Å². The van der Waals surface area contributed by atoms with Crippen molar-refractivity contribution in [1.82, 2.24) is 15.0 Å². The summed E-state index contributed by atoms with van der Waals surface area (Å²) in [5, 5.41) is 9.12. The molecule has 4 heteroatoms. The number of ketones is 1. The summed E-state index contributed by atoms with van der Waals surface area (Å²) in [6, 6.07) is 7.90. The number of hydrogen-bond donors (Lipinski definition) is 0. The topological polar surface area (TPSA) is 47.8 Å². The van der Waals surface area contributed by atoms with Crippen LogP contribution in [0.2, 0.25) is 0 Å². The zero-order valence-electron chi connectivity index (χ0n) is 20.1. The highest BCUT2D eigenvalue weighted by atomic mass is 16.1. The Morgan fingerprint density at radius 3 is 2.38 bits per heavy atom. The van der Waals surface area contributed by atoms with Crippen LogP contribution >= 0.6 is 0 Å². The van der Waals surface area contributed by atoms with Gasteiger partial charge in [0.15, 0.2) is 5.78 Å². The van der Waals surface area contributed by atoms with E-state index >= 15 is 0 Å². The third-order valence-electron chi connectivity index (χ3n) is 10.9. The highest BCUT2D eigenvalue weighted by molar-refractivity contribution is 5.82. The van der Waals surface area contributed by atoms with Crippen molar-refractivity contribution in [3.63, 3.8) is 0 Å². The van der Waals surface area contributed by atoms with Crippen LogP contribution in [0.15, 0.2) is 24.3 Å². The molecule has 1 aromatic carbocycles. The van der Waals surface area contributed by atoms with E-state index in [2.05, 4.69) is 31.0 Å². The summed E-state index contributed by atoms with van der Waals surface area (Å²) in [6.07, 6.45) is 12.0. The molecule has 0 aliphatic heterocycles. The Kier molecular flexibility index (Phi) is 4.82. The molecule has 0 radical (unpaired) electrons. The Morgan fingerprint density at radius 2 is 1.62 bits per heavy atom. The van der Waals surface area contributed by atoms with E-state index in [9.17, 15) is 4.79 Å². The number of benzene rings is 1. The second-order valence-corrected chi connectivity index (χ2v) is 12.4. The predicted molar refractivity (Wildman–Crippen MR) is 127 cm³/mol. The van der Waals surface area contributed by atoms with E-state index in [1.807, 2.05) is 24.3 Å². The van der Waals surface area contributed by atoms with E-state index < -0.39 is 0 Å². The lowest BCUT2D eigenvalue weighted by Crippen LogP contribution is -2.53. The summed E-state index contributed by atoms with van der Waals surface area (Å²) < 4.78 is 0. The summed E-state index contributed by atoms with van der Waals surface area (Å²) in [4.78, 5) is 15.2. The maximum Gasteiger partial charge on any atom is 0.159 e. The normalized spacial score (nSPS) is 43.5. The molecule has 0 amide bonds. The first-order valence-electron chi connectivity index (χ1n) is 13.2. The van der Waals surface area contributed by atoms with Crippen molar-refractivity contribution in [3.05, 3.63) is 24.3 Å². The van der Waals surface area contributed by atoms with Gasteiger partial charge in [0.05, 0.1) is 0 Å². The fraction of sp³-hybridized carbons (Fsp3) is 0.750. The van der Waals surface area contributed by atoms with Crippen LogP contribution in [-0.4, -0.2) is 20.8 Å². The van der Waals surface area contributed by atoms with Gasteiger partial charge < -0.3 is 0 Å². The van der Waals surface area contributed by atoms with Crippen molar-refractivity contribution in [2.75, 3.05) is 0 Å². The number of rotatable bonds is 3. The molecule has 0 bridgehead atoms. The monoisotopic (exact) mass is 433 g/mol. The van der Waals surface area contributed by atoms with E-state index in [-0.39, 0.29) is 11.3 Å². The van der Waals surface area contributed by atoms with Crippen LogP contribution in [0.25, 0.3) is 11.0 Å². The van der Waals surface area contributed by atoms with Gasteiger partial charge in [-0.05, 0) is 104 Å². The molecule has 0 N–H and O–H groups in total. The number of aromatic nitrogens is 3. The van der Waals surface area contributed by atoms with Crippen molar-refractivity contribution in [1.29, 1.82) is 0 Å². The molecule has 2 aromatic rings. The quantitative estimate of drug-likeness (QED) is 0.571. The molecule has 4 fully saturated rings. The molecule has 6 rings (SSSR count). The molecule has 1 aromatic heterocycles. The average Bonchev–Trinajstić information content (AvgIpc) is 3.34. The third kappa shape index (κ3) is 3.04. The van der Waals surface area contributed by atoms with Gasteiger partial charge in [0.1, 0.15) is 17.6 Å². The largest absolute Gasteiger partial charge is 0.297 e. The number of nitrogens with zero attached hydrogens (tertiary/aromatic N) is 3. The first-order chi connectivity index (χ1) is 15.4. The van der Waals surface area contributed by atoms with Gasteiger partial charge in [-0.25, -0.2) is 0 Å². The van der Waals surface area contributed by atoms with Crippen molar-refractivity contribution in [2.24, 2.45) is 46.3 Å². The van der Waals surface area contributed by atoms with Gasteiger partial charge in [0.25, 0.3) is 0 Å². The first kappa shape index (κ1) is 20.9. The molecular formula is C28H39N3O. The molecule has 172 valence electrons. The Balaban J connectivity index is 1.21. The SMILES string of the molecule is CC1CCC2(C)C(CCC3C2CCC2(C)C3CC[C@@H]2C(=O)Cn2nc3ccccc3n2)C1. The minimum Gasteiger partial charge on any atom is -0.297 e. The third-order valence-corrected chi connectivity index (χ3v) is 10.9. The molecule has 4 nitrogen and oxygen atoms in total. The highest BCUT2D eigenvalue weighted by Crippen LogP contribution is 2.67. The lowest BCUT2D eigenvalue weighted by molar-refractivity contribution is -0.137. The second-order valence-electron chi connectivity index (χ2n) is 12.4. The van der Waals surface area contributed by atoms with E-state index in [1.165, 1.54) is 51.4 Å². The zero-order valence-corrected chi connectivity index (χ0v) is 20.1. The Morgan fingerprint density at radius 1 is 0.938 bits per heavy atom. The number of Topliss-reactive ketones (excluding diaryl/α,β-unsaturated/α-hetero) is 1. The second kappa shape index (κ2) is 7.40. The molecule has 0 saturated heterocycles. The lowest BCUT2D eigenvalue weighted by Gasteiger charge is -2.61. The maximum absolute atomic E-state index is 13.5. The van der Waals surface area contributed by atoms with E-state index in [0.717, 1.165) is 47.0 Å². The minimum absolute atomic E-state index is 0.177. The summed E-state index contributed by atoms with van der Waals surface area (Å²) in [6.45, 7) is 7.91. The molecule has 1 heterocycles. The van der Waals surface area contributed by atoms with Crippen molar-refractivity contribution >= 4 is 16.8 Å². The summed E-state index contributed by atoms with van der Waals surface area (Å²) >= 11 is 0. The lowest BCUT2D eigenvalue weighted by atomic mass is 9.44. The molecule has 4 aliphatic carbocycles. The van der Waals surface area contributed by atoms with Gasteiger partial charge in [-0.1, -0.05) is 39.3 Å². The van der Waals surface area contributed by atoms with Crippen molar-refractivity contribution < 1.29 is 4.79 Å². The van der Waals surface area contributed by atoms with E-state index in [4.69, 9.17) is 0 Å². The van der Waals surface area contributed by atoms with Gasteiger partial charge in [0.2, 0.25) is 0 Å². The minimum atomic E-state index is 0.177. The number of carbonyl (C=O) groups is 1. The number of fused-ring (bicyclic) bond motifs is 6. The van der Waals surface area contributed by atoms with Gasteiger partial charge >= 0.3 is 0 Å². The first-order valence-corrected chi connectivity index (χ1v) is 13.2. The van der Waals surface area contributed by atoms with Crippen molar-refractivity contribution in [2.45, 2.75) is 85.1 Å². The summed E-state index contributed by atoms with van der Waals surface area (Å²) in [5.74, 6) is 4.86. The highest BCUT2D eigenvalue weighted by Gasteiger charge is 2.60. The van der Waals surface area contributed by atoms with Crippen LogP contribution < -0.4 is 0 Å². The fourth-order valence-corrected chi connectivity index (χ4v) is 9.23. The number of carbonyl (C=O) groups excluding carboxylic acids is 1. The van der Waals surface area contributed by atoms with Crippen LogP contribution in [0.5, 0.6) is 0 Å². The maximum atomic E-state index is 13.5. The fourth-order valence-electron chi connectivity index (χ4n) is 9.23. The van der Waals surface area contributed by atoms with Crippen LogP contribution in [0.1, 0.15) is 78.6 Å². The smallest absolute Gasteiger partial charge is 0.159 e. The molecule has 0 spiro atoms. The summed E-state index contributed by atoms with van der Waals surface area (Å²) in [7, 11) is 0. The van der Waals surface area contributed by atoms with Gasteiger partial charge in [-0.3, -0.25) is 4.79 Å². The van der Waals surface area contributed by atoms with Crippen LogP contribution in [0.3, 0.4) is 0 Å². The Bertz CT molecular complexity index is 996. The molecular weight excluding hydrogens is 394 g/mol. The van der Waals surface area contributed by atoms with Gasteiger partial charge in [-0.15, -0.1) is 0 Å². The zero-order chi connectivity index (χ0) is 22.1. The molecule has 8 atom stereocenters. The molecule has 4 saturated carbocycles. The van der Waals surface area contributed by atoms with Gasteiger partial charge in [0, 0.05) is 5.92 Å². The average molecular weight is 434 g/mol. The molecule has 4 aliphatic rings. The summed E-state index contributed by atoms with van der Waals surface area (Å²) in [5.41, 5.74) is 2.49. The predicted octanol–water partition coefficient (Wildman–Crippen LogP) is 6.30. The Labute approximate surface area is 192 Å². The number of hydrogen-bond acceptors (Lipinski definition) is 3. The molecule has 32 heavy (non-hydrogen) atoms. The van der Waals surface area contributed by atoms with Crippen LogP contribution in [0, 0.1) is 46.3 Å². The van der Waals surface area contributed by atoms with Gasteiger partial charge in [-0.2, -0.15) is 15.0 Å². The standard InChI is InChI=1S/C28H39N3O/c1-18-12-14-27(2)19(16-18)8-9-20-21-10-11-23(28(21,3)15-13-22(20)27)26(32)17-31-29-24-6-4-5-7-25(24)30-31/h4-7,18-23H,8-17H2,1-3H3/t18?,19?,20?,21?,22?,23-,27?,28?/m1/s1.